The van der Waals surface area contributed by atoms with Crippen LogP contribution in [0.1, 0.15) is 15.9 Å². The molecule has 1 saturated heterocycles. The van der Waals surface area contributed by atoms with Gasteiger partial charge in [0.1, 0.15) is 11.5 Å². The third kappa shape index (κ3) is 5.85. The zero-order chi connectivity index (χ0) is 20.5. The van der Waals surface area contributed by atoms with Crippen LogP contribution < -0.4 is 20.1 Å². The molecule has 0 aliphatic carbocycles. The molecule has 1 aliphatic heterocycles. The predicted molar refractivity (Wildman–Crippen MR) is 113 cm³/mol. The van der Waals surface area contributed by atoms with Crippen LogP contribution in [0.4, 0.5) is 5.69 Å². The smallest absolute Gasteiger partial charge is 0.253 e. The summed E-state index contributed by atoms with van der Waals surface area (Å²) in [4.78, 5) is 15.1. The monoisotopic (exact) mass is 399 g/mol. The molecule has 1 fully saturated rings. The van der Waals surface area contributed by atoms with Crippen molar-refractivity contribution in [3.63, 3.8) is 0 Å². The van der Waals surface area contributed by atoms with Gasteiger partial charge in [0.2, 0.25) is 0 Å². The highest BCUT2D eigenvalue weighted by Gasteiger charge is 2.16. The molecule has 2 N–H and O–H groups in total. The minimum absolute atomic E-state index is 0.120. The van der Waals surface area contributed by atoms with E-state index in [2.05, 4.69) is 15.5 Å². The van der Waals surface area contributed by atoms with Crippen LogP contribution in [0.5, 0.6) is 11.5 Å². The molecule has 0 unspecified atom stereocenters. The van der Waals surface area contributed by atoms with Crippen LogP contribution >= 0.6 is 0 Å². The Balaban J connectivity index is 1.65. The largest absolute Gasteiger partial charge is 0.497 e. The third-order valence-corrected chi connectivity index (χ3v) is 4.91. The minimum atomic E-state index is -0.120. The second-order valence-corrected chi connectivity index (χ2v) is 6.80. The quantitative estimate of drug-likeness (QED) is 0.675. The second-order valence-electron chi connectivity index (χ2n) is 6.80. The molecule has 0 aromatic heterocycles. The maximum Gasteiger partial charge on any atom is 0.253 e. The lowest BCUT2D eigenvalue weighted by Crippen LogP contribution is -2.41. The van der Waals surface area contributed by atoms with Crippen LogP contribution in [0.2, 0.25) is 0 Å². The van der Waals surface area contributed by atoms with Crippen molar-refractivity contribution < 1.29 is 19.0 Å². The number of amides is 1. The van der Waals surface area contributed by atoms with E-state index in [4.69, 9.17) is 14.2 Å². The maximum atomic E-state index is 12.8. The van der Waals surface area contributed by atoms with Gasteiger partial charge in [-0.25, -0.2) is 0 Å². The molecule has 0 radical (unpaired) electrons. The lowest BCUT2D eigenvalue weighted by molar-refractivity contribution is 0.0383. The zero-order valence-electron chi connectivity index (χ0n) is 17.1. The third-order valence-electron chi connectivity index (χ3n) is 4.91. The highest BCUT2D eigenvalue weighted by Crippen LogP contribution is 2.29. The fourth-order valence-corrected chi connectivity index (χ4v) is 3.29. The summed E-state index contributed by atoms with van der Waals surface area (Å²) in [6.07, 6.45) is 0. The molecule has 3 rings (SSSR count). The second kappa shape index (κ2) is 10.7. The van der Waals surface area contributed by atoms with E-state index >= 15 is 0 Å². The SMILES string of the molecule is COc1cccc(CNc2c(OC)cccc2C(=O)NCCN2CCOCC2)c1. The Morgan fingerprint density at radius 1 is 1.10 bits per heavy atom. The van der Waals surface area contributed by atoms with Crippen molar-refractivity contribution in [3.8, 4) is 11.5 Å². The summed E-state index contributed by atoms with van der Waals surface area (Å²) in [6, 6.07) is 13.3. The number of anilines is 1. The summed E-state index contributed by atoms with van der Waals surface area (Å²) in [6.45, 7) is 5.26. The summed E-state index contributed by atoms with van der Waals surface area (Å²) in [5.41, 5.74) is 2.30. The van der Waals surface area contributed by atoms with Gasteiger partial charge in [0, 0.05) is 32.7 Å². The van der Waals surface area contributed by atoms with Crippen LogP contribution in [0, 0.1) is 0 Å². The van der Waals surface area contributed by atoms with Crippen molar-refractivity contribution in [1.82, 2.24) is 10.2 Å². The van der Waals surface area contributed by atoms with Crippen molar-refractivity contribution in [2.24, 2.45) is 0 Å². The molecular weight excluding hydrogens is 370 g/mol. The maximum absolute atomic E-state index is 12.8. The molecule has 0 atom stereocenters. The van der Waals surface area contributed by atoms with Crippen molar-refractivity contribution in [2.45, 2.75) is 6.54 Å². The van der Waals surface area contributed by atoms with Gasteiger partial charge < -0.3 is 24.8 Å². The van der Waals surface area contributed by atoms with Gasteiger partial charge in [-0.05, 0) is 29.8 Å². The molecule has 7 nitrogen and oxygen atoms in total. The summed E-state index contributed by atoms with van der Waals surface area (Å²) >= 11 is 0. The topological polar surface area (TPSA) is 72.1 Å². The lowest BCUT2D eigenvalue weighted by atomic mass is 10.1. The van der Waals surface area contributed by atoms with Crippen molar-refractivity contribution in [1.29, 1.82) is 0 Å². The molecule has 2 aromatic rings. The molecule has 156 valence electrons. The van der Waals surface area contributed by atoms with Gasteiger partial charge in [0.25, 0.3) is 5.91 Å². The molecule has 1 heterocycles. The van der Waals surface area contributed by atoms with E-state index in [9.17, 15) is 4.79 Å². The van der Waals surface area contributed by atoms with E-state index in [-0.39, 0.29) is 5.91 Å². The molecule has 7 heteroatoms. The predicted octanol–water partition coefficient (Wildman–Crippen LogP) is 2.38. The summed E-state index contributed by atoms with van der Waals surface area (Å²) < 4.78 is 16.1. The Hall–Kier alpha value is -2.77. The molecule has 0 spiro atoms. The number of carbonyl (C=O) groups excluding carboxylic acids is 1. The van der Waals surface area contributed by atoms with E-state index in [1.54, 1.807) is 20.3 Å². The molecule has 1 aliphatic rings. The van der Waals surface area contributed by atoms with Gasteiger partial charge in [0.15, 0.2) is 0 Å². The fourth-order valence-electron chi connectivity index (χ4n) is 3.29. The lowest BCUT2D eigenvalue weighted by Gasteiger charge is -2.26. The summed E-state index contributed by atoms with van der Waals surface area (Å²) in [7, 11) is 3.25. The van der Waals surface area contributed by atoms with Crippen LogP contribution in [-0.2, 0) is 11.3 Å². The average Bonchev–Trinajstić information content (AvgIpc) is 2.78. The number of rotatable bonds is 9. The average molecular weight is 399 g/mol. The molecular formula is C22H29N3O4. The number of benzene rings is 2. The minimum Gasteiger partial charge on any atom is -0.497 e. The highest BCUT2D eigenvalue weighted by atomic mass is 16.5. The van der Waals surface area contributed by atoms with Gasteiger partial charge in [-0.2, -0.15) is 0 Å². The van der Waals surface area contributed by atoms with Crippen molar-refractivity contribution in [2.75, 3.05) is 58.9 Å². The van der Waals surface area contributed by atoms with Gasteiger partial charge in [-0.15, -0.1) is 0 Å². The number of carbonyl (C=O) groups is 1. The van der Waals surface area contributed by atoms with Gasteiger partial charge in [-0.3, -0.25) is 9.69 Å². The van der Waals surface area contributed by atoms with Gasteiger partial charge >= 0.3 is 0 Å². The highest BCUT2D eigenvalue weighted by molar-refractivity contribution is 6.01. The Kier molecular flexibility index (Phi) is 7.72. The van der Waals surface area contributed by atoms with E-state index in [1.165, 1.54) is 0 Å². The Morgan fingerprint density at radius 2 is 1.90 bits per heavy atom. The Bertz CT molecular complexity index is 806. The molecule has 0 bridgehead atoms. The first-order chi connectivity index (χ1) is 14.2. The standard InChI is InChI=1S/C22H29N3O4/c1-27-18-6-3-5-17(15-18)16-24-21-19(7-4-8-20(21)28-2)22(26)23-9-10-25-11-13-29-14-12-25/h3-8,15,24H,9-14,16H2,1-2H3,(H,23,26). The van der Waals surface area contributed by atoms with Gasteiger partial charge in [-0.1, -0.05) is 18.2 Å². The molecule has 29 heavy (non-hydrogen) atoms. The Labute approximate surface area is 171 Å². The van der Waals surface area contributed by atoms with Crippen LogP contribution in [0.25, 0.3) is 0 Å². The van der Waals surface area contributed by atoms with E-state index in [0.717, 1.165) is 44.2 Å². The van der Waals surface area contributed by atoms with Crippen LogP contribution in [0.3, 0.4) is 0 Å². The van der Waals surface area contributed by atoms with Crippen molar-refractivity contribution >= 4 is 11.6 Å². The van der Waals surface area contributed by atoms with Crippen molar-refractivity contribution in [3.05, 3.63) is 53.6 Å². The number of nitrogens with zero attached hydrogens (tertiary/aromatic N) is 1. The number of methoxy groups -OCH3 is 2. The van der Waals surface area contributed by atoms with E-state index in [0.29, 0.717) is 30.1 Å². The number of morpholine rings is 1. The molecule has 2 aromatic carbocycles. The normalized spacial score (nSPS) is 14.3. The summed E-state index contributed by atoms with van der Waals surface area (Å²) in [5, 5.41) is 6.37. The first-order valence-corrected chi connectivity index (χ1v) is 9.83. The first kappa shape index (κ1) is 21.0. The van der Waals surface area contributed by atoms with Crippen LogP contribution in [0.15, 0.2) is 42.5 Å². The van der Waals surface area contributed by atoms with E-state index < -0.39 is 0 Å². The number of hydrogen-bond donors (Lipinski definition) is 2. The first-order valence-electron chi connectivity index (χ1n) is 9.83. The molecule has 0 saturated carbocycles. The number of nitrogens with one attached hydrogen (secondary N) is 2. The number of para-hydroxylation sites is 1. The van der Waals surface area contributed by atoms with Gasteiger partial charge in [0.05, 0.1) is 38.7 Å². The zero-order valence-corrected chi connectivity index (χ0v) is 17.1. The van der Waals surface area contributed by atoms with Crippen LogP contribution in [-0.4, -0.2) is 64.4 Å². The molecule has 1 amide bonds. The Morgan fingerprint density at radius 3 is 2.66 bits per heavy atom. The number of ether oxygens (including phenoxy) is 3. The summed E-state index contributed by atoms with van der Waals surface area (Å²) in [5.74, 6) is 1.31. The fraction of sp³-hybridized carbons (Fsp3) is 0.409. The number of hydrogen-bond acceptors (Lipinski definition) is 6. The van der Waals surface area contributed by atoms with E-state index in [1.807, 2.05) is 36.4 Å².